The van der Waals surface area contributed by atoms with Crippen molar-refractivity contribution >= 4 is 11.8 Å². The Morgan fingerprint density at radius 2 is 2.21 bits per heavy atom. The molecule has 0 aliphatic carbocycles. The summed E-state index contributed by atoms with van der Waals surface area (Å²) in [5.41, 5.74) is 0.595. The van der Waals surface area contributed by atoms with Crippen molar-refractivity contribution < 1.29 is 19.1 Å². The van der Waals surface area contributed by atoms with Gasteiger partial charge in [-0.2, -0.15) is 0 Å². The Balaban J connectivity index is 2.09. The first-order valence-corrected chi connectivity index (χ1v) is 7.91. The second kappa shape index (κ2) is 7.72. The first-order valence-electron chi connectivity index (χ1n) is 7.91. The maximum Gasteiger partial charge on any atom is 0.226 e. The Morgan fingerprint density at radius 3 is 2.83 bits per heavy atom. The highest BCUT2D eigenvalue weighted by molar-refractivity contribution is 5.90. The number of nitrogens with zero attached hydrogens (tertiary/aromatic N) is 2. The Hall–Kier alpha value is -1.99. The molecule has 1 aromatic rings. The van der Waals surface area contributed by atoms with Gasteiger partial charge >= 0.3 is 0 Å². The molecule has 6 nitrogen and oxygen atoms in total. The van der Waals surface area contributed by atoms with E-state index in [1.807, 2.05) is 19.0 Å². The molecule has 3 atom stereocenters. The van der Waals surface area contributed by atoms with E-state index in [0.717, 1.165) is 0 Å². The number of nitrogens with one attached hydrogen (secondary N) is 1. The van der Waals surface area contributed by atoms with Crippen LogP contribution in [0.2, 0.25) is 0 Å². The van der Waals surface area contributed by atoms with Gasteiger partial charge in [0, 0.05) is 26.6 Å². The number of benzene rings is 1. The molecule has 24 heavy (non-hydrogen) atoms. The quantitative estimate of drug-likeness (QED) is 0.787. The molecule has 2 rings (SSSR count). The summed E-state index contributed by atoms with van der Waals surface area (Å²) in [6.07, 6.45) is -0.612. The van der Waals surface area contributed by atoms with Gasteiger partial charge in [0.25, 0.3) is 0 Å². The van der Waals surface area contributed by atoms with E-state index in [-0.39, 0.29) is 24.8 Å². The van der Waals surface area contributed by atoms with Crippen LogP contribution in [0, 0.1) is 11.7 Å². The van der Waals surface area contributed by atoms with Crippen LogP contribution in [-0.4, -0.2) is 67.1 Å². The Kier molecular flexibility index (Phi) is 5.90. The molecule has 0 saturated carbocycles. The summed E-state index contributed by atoms with van der Waals surface area (Å²) in [5.74, 6) is -1.46. The fraction of sp³-hybridized carbons (Fsp3) is 0.529. The summed E-state index contributed by atoms with van der Waals surface area (Å²) in [5, 5.41) is 12.5. The monoisotopic (exact) mass is 337 g/mol. The van der Waals surface area contributed by atoms with E-state index in [1.54, 1.807) is 19.2 Å². The number of carbonyl (C=O) groups excluding carboxylic acids is 2. The molecule has 1 heterocycles. The molecule has 2 N–H and O–H groups in total. The lowest BCUT2D eigenvalue weighted by Gasteiger charge is -2.25. The number of halogens is 1. The lowest BCUT2D eigenvalue weighted by atomic mass is 9.93. The largest absolute Gasteiger partial charge is 0.390 e. The van der Waals surface area contributed by atoms with Crippen molar-refractivity contribution in [3.63, 3.8) is 0 Å². The molecular formula is C17H24FN3O3. The van der Waals surface area contributed by atoms with Crippen molar-refractivity contribution in [2.75, 3.05) is 34.2 Å². The van der Waals surface area contributed by atoms with Crippen molar-refractivity contribution in [2.45, 2.75) is 18.6 Å². The number of hydrogen-bond acceptors (Lipinski definition) is 4. The van der Waals surface area contributed by atoms with Crippen LogP contribution in [0.3, 0.4) is 0 Å². The van der Waals surface area contributed by atoms with Gasteiger partial charge in [0.15, 0.2) is 0 Å². The molecule has 0 aromatic heterocycles. The molecule has 1 aliphatic heterocycles. The topological polar surface area (TPSA) is 72.9 Å². The van der Waals surface area contributed by atoms with Gasteiger partial charge in [-0.3, -0.25) is 9.59 Å². The van der Waals surface area contributed by atoms with Crippen LogP contribution in [-0.2, 0) is 9.59 Å². The van der Waals surface area contributed by atoms with Crippen LogP contribution >= 0.6 is 0 Å². The van der Waals surface area contributed by atoms with Gasteiger partial charge in [-0.15, -0.1) is 0 Å². The molecule has 0 spiro atoms. The average molecular weight is 337 g/mol. The molecular weight excluding hydrogens is 313 g/mol. The molecule has 7 heteroatoms. The molecule has 2 amide bonds. The third-order valence-electron chi connectivity index (χ3n) is 4.20. The average Bonchev–Trinajstić information content (AvgIpc) is 2.80. The van der Waals surface area contributed by atoms with Crippen molar-refractivity contribution in [3.8, 4) is 0 Å². The predicted octanol–water partition coefficient (Wildman–Crippen LogP) is 0.384. The van der Waals surface area contributed by atoms with Crippen molar-refractivity contribution in [1.82, 2.24) is 15.1 Å². The number of rotatable bonds is 6. The van der Waals surface area contributed by atoms with Crippen LogP contribution in [0.25, 0.3) is 0 Å². The van der Waals surface area contributed by atoms with Gasteiger partial charge in [0.05, 0.1) is 18.1 Å². The lowest BCUT2D eigenvalue weighted by molar-refractivity contribution is -0.128. The number of hydrogen-bond donors (Lipinski definition) is 2. The zero-order chi connectivity index (χ0) is 17.9. The van der Waals surface area contributed by atoms with Gasteiger partial charge in [0.2, 0.25) is 11.8 Å². The summed E-state index contributed by atoms with van der Waals surface area (Å²) in [7, 11) is 5.28. The van der Waals surface area contributed by atoms with E-state index in [9.17, 15) is 19.1 Å². The van der Waals surface area contributed by atoms with E-state index in [4.69, 9.17) is 0 Å². The lowest BCUT2D eigenvalue weighted by Crippen LogP contribution is -2.41. The molecule has 0 radical (unpaired) electrons. The van der Waals surface area contributed by atoms with E-state index in [1.165, 1.54) is 17.0 Å². The minimum absolute atomic E-state index is 0.0767. The summed E-state index contributed by atoms with van der Waals surface area (Å²) in [4.78, 5) is 27.8. The molecule has 1 aromatic carbocycles. The van der Waals surface area contributed by atoms with Gasteiger partial charge < -0.3 is 20.2 Å². The van der Waals surface area contributed by atoms with Crippen LogP contribution < -0.4 is 5.32 Å². The van der Waals surface area contributed by atoms with Crippen LogP contribution in [0.15, 0.2) is 24.3 Å². The van der Waals surface area contributed by atoms with E-state index >= 15 is 0 Å². The van der Waals surface area contributed by atoms with E-state index < -0.39 is 23.9 Å². The SMILES string of the molecule is CN(C)C[C@H](O)CNC(=O)[C@@H]1CC(=O)N(C)[C@@H]1c1cccc(F)c1. The third kappa shape index (κ3) is 4.30. The number of carbonyl (C=O) groups is 2. The van der Waals surface area contributed by atoms with E-state index in [2.05, 4.69) is 5.32 Å². The maximum atomic E-state index is 13.5. The minimum Gasteiger partial charge on any atom is -0.390 e. The first kappa shape index (κ1) is 18.4. The Morgan fingerprint density at radius 1 is 1.50 bits per heavy atom. The second-order valence-corrected chi connectivity index (χ2v) is 6.48. The van der Waals surface area contributed by atoms with Gasteiger partial charge in [-0.05, 0) is 31.8 Å². The fourth-order valence-electron chi connectivity index (χ4n) is 3.09. The number of amides is 2. The Bertz CT molecular complexity index is 608. The normalized spacial score (nSPS) is 22.1. The minimum atomic E-state index is -0.689. The highest BCUT2D eigenvalue weighted by atomic mass is 19.1. The van der Waals surface area contributed by atoms with Crippen LogP contribution in [0.1, 0.15) is 18.0 Å². The molecule has 0 unspecified atom stereocenters. The zero-order valence-corrected chi connectivity index (χ0v) is 14.2. The summed E-state index contributed by atoms with van der Waals surface area (Å²) in [6, 6.07) is 5.45. The molecule has 1 aliphatic rings. The van der Waals surface area contributed by atoms with Crippen molar-refractivity contribution in [1.29, 1.82) is 0 Å². The summed E-state index contributed by atoms with van der Waals surface area (Å²) in [6.45, 7) is 0.540. The number of aliphatic hydroxyl groups excluding tert-OH is 1. The first-order chi connectivity index (χ1) is 11.3. The highest BCUT2D eigenvalue weighted by Crippen LogP contribution is 2.37. The third-order valence-corrected chi connectivity index (χ3v) is 4.20. The Labute approximate surface area is 141 Å². The fourth-order valence-corrected chi connectivity index (χ4v) is 3.09. The van der Waals surface area contributed by atoms with E-state index in [0.29, 0.717) is 12.1 Å². The summed E-state index contributed by atoms with van der Waals surface area (Å²) >= 11 is 0. The number of aliphatic hydroxyl groups is 1. The van der Waals surface area contributed by atoms with Crippen molar-refractivity contribution in [2.24, 2.45) is 5.92 Å². The standard InChI is InChI=1S/C17H24FN3O3/c1-20(2)10-13(22)9-19-17(24)14-8-15(23)21(3)16(14)11-5-4-6-12(18)7-11/h4-7,13-14,16,22H,8-10H2,1-3H3,(H,19,24)/t13-,14-,16-/m1/s1. The maximum absolute atomic E-state index is 13.5. The molecule has 1 saturated heterocycles. The van der Waals surface area contributed by atoms with Crippen molar-refractivity contribution in [3.05, 3.63) is 35.6 Å². The van der Waals surface area contributed by atoms with Gasteiger partial charge in [0.1, 0.15) is 5.82 Å². The number of likely N-dealkylation sites (tertiary alicyclic amines) is 1. The van der Waals surface area contributed by atoms with Gasteiger partial charge in [-0.25, -0.2) is 4.39 Å². The second-order valence-electron chi connectivity index (χ2n) is 6.48. The number of likely N-dealkylation sites (N-methyl/N-ethyl adjacent to an activating group) is 1. The molecule has 132 valence electrons. The van der Waals surface area contributed by atoms with Crippen LogP contribution in [0.5, 0.6) is 0 Å². The van der Waals surface area contributed by atoms with Crippen LogP contribution in [0.4, 0.5) is 4.39 Å². The predicted molar refractivity (Wildman–Crippen MR) is 87.6 cm³/mol. The smallest absolute Gasteiger partial charge is 0.226 e. The van der Waals surface area contributed by atoms with Gasteiger partial charge in [-0.1, -0.05) is 12.1 Å². The zero-order valence-electron chi connectivity index (χ0n) is 14.2. The molecule has 1 fully saturated rings. The summed E-state index contributed by atoms with van der Waals surface area (Å²) < 4.78 is 13.5. The highest BCUT2D eigenvalue weighted by Gasteiger charge is 2.42. The molecule has 0 bridgehead atoms.